The lowest BCUT2D eigenvalue weighted by molar-refractivity contribution is 0.414. The van der Waals surface area contributed by atoms with Gasteiger partial charge in [-0.25, -0.2) is 0 Å². The third-order valence-electron chi connectivity index (χ3n) is 2.53. The highest BCUT2D eigenvalue weighted by molar-refractivity contribution is 5.72. The first kappa shape index (κ1) is 10.5. The maximum atomic E-state index is 5.71. The fourth-order valence-corrected chi connectivity index (χ4v) is 1.72. The summed E-state index contributed by atoms with van der Waals surface area (Å²) in [4.78, 5) is 0. The molecule has 0 aliphatic carbocycles. The summed E-state index contributed by atoms with van der Waals surface area (Å²) in [6, 6.07) is 7.68. The van der Waals surface area contributed by atoms with Crippen molar-refractivity contribution >= 4 is 5.88 Å². The molecule has 2 N–H and O–H groups in total. The molecule has 0 radical (unpaired) electrons. The van der Waals surface area contributed by atoms with Gasteiger partial charge in [0.15, 0.2) is 0 Å². The van der Waals surface area contributed by atoms with Gasteiger partial charge >= 0.3 is 0 Å². The molecule has 0 aliphatic rings. The molecule has 84 valence electrons. The Morgan fingerprint density at radius 2 is 2.12 bits per heavy atom. The second-order valence-corrected chi connectivity index (χ2v) is 3.43. The van der Waals surface area contributed by atoms with Gasteiger partial charge in [-0.05, 0) is 18.6 Å². The molecule has 0 unspecified atom stereocenters. The van der Waals surface area contributed by atoms with E-state index in [1.165, 1.54) is 0 Å². The van der Waals surface area contributed by atoms with Gasteiger partial charge in [0.1, 0.15) is 11.4 Å². The Morgan fingerprint density at radius 1 is 1.38 bits per heavy atom. The van der Waals surface area contributed by atoms with E-state index in [1.54, 1.807) is 7.11 Å². The van der Waals surface area contributed by atoms with E-state index in [0.717, 1.165) is 29.0 Å². The first-order valence-corrected chi connectivity index (χ1v) is 5.15. The second-order valence-electron chi connectivity index (χ2n) is 3.43. The molecule has 16 heavy (non-hydrogen) atoms. The van der Waals surface area contributed by atoms with Crippen molar-refractivity contribution in [2.24, 2.45) is 0 Å². The number of nitrogens with zero attached hydrogens (tertiary/aromatic N) is 1. The monoisotopic (exact) mass is 218 g/mol. The van der Waals surface area contributed by atoms with Crippen molar-refractivity contribution in [3.63, 3.8) is 0 Å². The van der Waals surface area contributed by atoms with Crippen molar-refractivity contribution < 1.29 is 9.26 Å². The van der Waals surface area contributed by atoms with Gasteiger partial charge in [-0.15, -0.1) is 0 Å². The summed E-state index contributed by atoms with van der Waals surface area (Å²) in [6.07, 6.45) is 0.780. The van der Waals surface area contributed by atoms with Gasteiger partial charge in [0.25, 0.3) is 0 Å². The fourth-order valence-electron chi connectivity index (χ4n) is 1.72. The van der Waals surface area contributed by atoms with Crippen LogP contribution in [0.5, 0.6) is 5.75 Å². The molecular weight excluding hydrogens is 204 g/mol. The summed E-state index contributed by atoms with van der Waals surface area (Å²) < 4.78 is 10.3. The minimum absolute atomic E-state index is 0.378. The van der Waals surface area contributed by atoms with E-state index in [-0.39, 0.29) is 0 Å². The van der Waals surface area contributed by atoms with Crippen LogP contribution in [0, 0.1) is 0 Å². The van der Waals surface area contributed by atoms with Crippen molar-refractivity contribution in [2.75, 3.05) is 12.8 Å². The quantitative estimate of drug-likeness (QED) is 0.859. The molecule has 0 atom stereocenters. The smallest absolute Gasteiger partial charge is 0.225 e. The topological polar surface area (TPSA) is 61.3 Å². The number of hydrogen-bond acceptors (Lipinski definition) is 4. The normalized spacial score (nSPS) is 10.4. The molecule has 0 saturated heterocycles. The number of methoxy groups -OCH3 is 1. The van der Waals surface area contributed by atoms with Crippen LogP contribution in [0.1, 0.15) is 12.5 Å². The largest absolute Gasteiger partial charge is 0.496 e. The third-order valence-corrected chi connectivity index (χ3v) is 2.53. The summed E-state index contributed by atoms with van der Waals surface area (Å²) in [7, 11) is 1.63. The van der Waals surface area contributed by atoms with Crippen LogP contribution in [0.3, 0.4) is 0 Å². The number of para-hydroxylation sites is 1. The Labute approximate surface area is 94.0 Å². The highest BCUT2D eigenvalue weighted by Crippen LogP contribution is 2.33. The number of nitrogens with two attached hydrogens (primary N) is 1. The first-order valence-electron chi connectivity index (χ1n) is 5.15. The average Bonchev–Trinajstić information content (AvgIpc) is 2.70. The van der Waals surface area contributed by atoms with E-state index in [0.29, 0.717) is 5.88 Å². The SMILES string of the molecule is CCc1c(-c2ccccc2OC)noc1N. The molecular formula is C12H14N2O2. The maximum Gasteiger partial charge on any atom is 0.225 e. The van der Waals surface area contributed by atoms with Crippen LogP contribution in [0.4, 0.5) is 5.88 Å². The number of ether oxygens (including phenoxy) is 1. The molecule has 4 heteroatoms. The summed E-state index contributed by atoms with van der Waals surface area (Å²) >= 11 is 0. The third kappa shape index (κ3) is 1.62. The van der Waals surface area contributed by atoms with Gasteiger partial charge < -0.3 is 15.0 Å². The number of anilines is 1. The average molecular weight is 218 g/mol. The zero-order valence-electron chi connectivity index (χ0n) is 9.36. The van der Waals surface area contributed by atoms with Gasteiger partial charge in [0.05, 0.1) is 7.11 Å². The van der Waals surface area contributed by atoms with Crippen LogP contribution in [0.15, 0.2) is 28.8 Å². The number of hydrogen-bond donors (Lipinski definition) is 1. The lowest BCUT2D eigenvalue weighted by atomic mass is 10.1. The van der Waals surface area contributed by atoms with E-state index in [2.05, 4.69) is 5.16 Å². The molecule has 1 aromatic carbocycles. The van der Waals surface area contributed by atoms with E-state index in [4.69, 9.17) is 15.0 Å². The van der Waals surface area contributed by atoms with E-state index < -0.39 is 0 Å². The zero-order chi connectivity index (χ0) is 11.5. The summed E-state index contributed by atoms with van der Waals surface area (Å²) in [5, 5.41) is 3.99. The Bertz CT molecular complexity index is 492. The molecule has 0 spiro atoms. The standard InChI is InChI=1S/C12H14N2O2/c1-3-8-11(14-16-12(8)13)9-6-4-5-7-10(9)15-2/h4-7H,3,13H2,1-2H3. The van der Waals surface area contributed by atoms with Crippen LogP contribution in [-0.2, 0) is 6.42 Å². The predicted octanol–water partition coefficient (Wildman–Crippen LogP) is 2.49. The molecule has 2 aromatic rings. The molecule has 0 bridgehead atoms. The maximum absolute atomic E-state index is 5.71. The number of benzene rings is 1. The molecule has 4 nitrogen and oxygen atoms in total. The first-order chi connectivity index (χ1) is 7.77. The highest BCUT2D eigenvalue weighted by Gasteiger charge is 2.16. The lowest BCUT2D eigenvalue weighted by Gasteiger charge is -2.06. The Balaban J connectivity index is 2.58. The van der Waals surface area contributed by atoms with Gasteiger partial charge in [0, 0.05) is 11.1 Å². The van der Waals surface area contributed by atoms with Crippen molar-refractivity contribution in [3.8, 4) is 17.0 Å². The number of rotatable bonds is 3. The van der Waals surface area contributed by atoms with Gasteiger partial charge in [0.2, 0.25) is 5.88 Å². The molecule has 0 amide bonds. The molecule has 0 saturated carbocycles. The predicted molar refractivity (Wildman–Crippen MR) is 62.3 cm³/mol. The van der Waals surface area contributed by atoms with Crippen LogP contribution < -0.4 is 10.5 Å². The summed E-state index contributed by atoms with van der Waals surface area (Å²) in [5.74, 6) is 1.15. The molecule has 1 heterocycles. The van der Waals surface area contributed by atoms with E-state index in [1.807, 2.05) is 31.2 Å². The molecule has 0 aliphatic heterocycles. The molecule has 0 fully saturated rings. The zero-order valence-corrected chi connectivity index (χ0v) is 9.36. The van der Waals surface area contributed by atoms with Crippen LogP contribution >= 0.6 is 0 Å². The number of aromatic nitrogens is 1. The van der Waals surface area contributed by atoms with Crippen molar-refractivity contribution in [1.29, 1.82) is 0 Å². The Kier molecular flexibility index (Phi) is 2.81. The van der Waals surface area contributed by atoms with E-state index in [9.17, 15) is 0 Å². The lowest BCUT2D eigenvalue weighted by Crippen LogP contribution is -1.92. The molecule has 2 rings (SSSR count). The minimum Gasteiger partial charge on any atom is -0.496 e. The molecule has 1 aromatic heterocycles. The Morgan fingerprint density at radius 3 is 2.81 bits per heavy atom. The van der Waals surface area contributed by atoms with Crippen LogP contribution in [0.2, 0.25) is 0 Å². The highest BCUT2D eigenvalue weighted by atomic mass is 16.5. The summed E-state index contributed by atoms with van der Waals surface area (Å²) in [5.41, 5.74) is 8.30. The Hall–Kier alpha value is -1.97. The van der Waals surface area contributed by atoms with Gasteiger partial charge in [-0.2, -0.15) is 0 Å². The van der Waals surface area contributed by atoms with Crippen LogP contribution in [0.25, 0.3) is 11.3 Å². The summed E-state index contributed by atoms with van der Waals surface area (Å²) in [6.45, 7) is 2.02. The number of nitrogen functional groups attached to an aromatic ring is 1. The van der Waals surface area contributed by atoms with Crippen molar-refractivity contribution in [1.82, 2.24) is 5.16 Å². The van der Waals surface area contributed by atoms with Gasteiger partial charge in [-0.1, -0.05) is 24.2 Å². The van der Waals surface area contributed by atoms with Crippen molar-refractivity contribution in [2.45, 2.75) is 13.3 Å². The minimum atomic E-state index is 0.378. The van der Waals surface area contributed by atoms with Gasteiger partial charge in [-0.3, -0.25) is 0 Å². The van der Waals surface area contributed by atoms with E-state index >= 15 is 0 Å². The second kappa shape index (κ2) is 4.26. The van der Waals surface area contributed by atoms with Crippen LogP contribution in [-0.4, -0.2) is 12.3 Å². The van der Waals surface area contributed by atoms with Crippen molar-refractivity contribution in [3.05, 3.63) is 29.8 Å². The fraction of sp³-hybridized carbons (Fsp3) is 0.250.